The number of hydrogen-bond donors (Lipinski definition) is 0. The fourth-order valence-electron chi connectivity index (χ4n) is 6.60. The summed E-state index contributed by atoms with van der Waals surface area (Å²) in [6, 6.07) is 0. The fourth-order valence-corrected chi connectivity index (χ4v) is 6.60. The van der Waals surface area contributed by atoms with E-state index in [1.165, 1.54) is 116 Å². The van der Waals surface area contributed by atoms with Gasteiger partial charge in [0.2, 0.25) is 0 Å². The largest absolute Gasteiger partial charge is 0.462 e. The van der Waals surface area contributed by atoms with Crippen LogP contribution in [0.4, 0.5) is 0 Å². The van der Waals surface area contributed by atoms with Gasteiger partial charge in [0.15, 0.2) is 6.10 Å². The molecule has 0 aliphatic carbocycles. The summed E-state index contributed by atoms with van der Waals surface area (Å²) < 4.78 is 16.6. The molecule has 6 nitrogen and oxygen atoms in total. The Morgan fingerprint density at radius 3 is 1.09 bits per heavy atom. The first-order chi connectivity index (χ1) is 28.0. The zero-order chi connectivity index (χ0) is 41.5. The van der Waals surface area contributed by atoms with Gasteiger partial charge in [-0.2, -0.15) is 0 Å². The molecule has 57 heavy (non-hydrogen) atoms. The zero-order valence-electron chi connectivity index (χ0n) is 37.6. The number of esters is 3. The van der Waals surface area contributed by atoms with E-state index in [1.54, 1.807) is 0 Å². The van der Waals surface area contributed by atoms with Crippen molar-refractivity contribution in [1.29, 1.82) is 0 Å². The second-order valence-electron chi connectivity index (χ2n) is 16.0. The lowest BCUT2D eigenvalue weighted by molar-refractivity contribution is -0.166. The average Bonchev–Trinajstić information content (AvgIpc) is 3.21. The highest BCUT2D eigenvalue weighted by Gasteiger charge is 2.19. The van der Waals surface area contributed by atoms with Crippen molar-refractivity contribution in [3.63, 3.8) is 0 Å². The standard InChI is InChI=1S/C51H90O6/c1-4-7-10-13-16-19-22-25-28-31-34-37-40-43-49(52)55-46-48(57-51(54)45-42-39-36-33-30-27-24-21-18-15-12-9-6-3)47-56-50(53)44-41-38-35-32-29-26-23-20-17-14-11-8-5-2/h25-30,34,37,48H,4-24,31-33,35-36,38-47H2,1-3H3/b28-25-,29-26-,30-27-,37-34-. The summed E-state index contributed by atoms with van der Waals surface area (Å²) in [5, 5.41) is 0. The Morgan fingerprint density at radius 2 is 0.667 bits per heavy atom. The number of unbranched alkanes of at least 4 members (excludes halogenated alkanes) is 24. The van der Waals surface area contributed by atoms with E-state index in [9.17, 15) is 14.4 Å². The second-order valence-corrected chi connectivity index (χ2v) is 16.0. The molecular weight excluding hydrogens is 709 g/mol. The summed E-state index contributed by atoms with van der Waals surface area (Å²) in [6.07, 6.45) is 53.9. The van der Waals surface area contributed by atoms with Gasteiger partial charge in [0.25, 0.3) is 0 Å². The lowest BCUT2D eigenvalue weighted by Crippen LogP contribution is -2.30. The van der Waals surface area contributed by atoms with Crippen molar-refractivity contribution < 1.29 is 28.6 Å². The molecule has 0 aliphatic rings. The maximum atomic E-state index is 12.7. The Balaban J connectivity index is 4.49. The lowest BCUT2D eigenvalue weighted by Gasteiger charge is -2.18. The summed E-state index contributed by atoms with van der Waals surface area (Å²) >= 11 is 0. The van der Waals surface area contributed by atoms with Crippen LogP contribution in [0.1, 0.15) is 239 Å². The topological polar surface area (TPSA) is 78.9 Å². The third kappa shape index (κ3) is 44.3. The van der Waals surface area contributed by atoms with E-state index in [1.807, 2.05) is 6.08 Å². The van der Waals surface area contributed by atoms with E-state index in [2.05, 4.69) is 63.3 Å². The van der Waals surface area contributed by atoms with Crippen molar-refractivity contribution in [2.75, 3.05) is 13.2 Å². The van der Waals surface area contributed by atoms with Crippen molar-refractivity contribution >= 4 is 17.9 Å². The molecule has 0 aromatic carbocycles. The highest BCUT2D eigenvalue weighted by Crippen LogP contribution is 2.13. The number of carbonyl (C=O) groups excluding carboxylic acids is 3. The van der Waals surface area contributed by atoms with Crippen molar-refractivity contribution in [3.05, 3.63) is 48.6 Å². The van der Waals surface area contributed by atoms with Gasteiger partial charge in [0, 0.05) is 19.3 Å². The number of rotatable bonds is 43. The van der Waals surface area contributed by atoms with Crippen molar-refractivity contribution in [1.82, 2.24) is 0 Å². The molecule has 0 fully saturated rings. The van der Waals surface area contributed by atoms with Gasteiger partial charge < -0.3 is 14.2 Å². The number of allylic oxidation sites excluding steroid dienone is 8. The molecule has 0 N–H and O–H groups in total. The highest BCUT2D eigenvalue weighted by atomic mass is 16.6. The van der Waals surface area contributed by atoms with Gasteiger partial charge in [-0.15, -0.1) is 0 Å². The molecule has 1 atom stereocenters. The van der Waals surface area contributed by atoms with Crippen molar-refractivity contribution in [3.8, 4) is 0 Å². The summed E-state index contributed by atoms with van der Waals surface area (Å²) in [4.78, 5) is 37.8. The van der Waals surface area contributed by atoms with E-state index in [0.29, 0.717) is 19.3 Å². The van der Waals surface area contributed by atoms with Gasteiger partial charge in [-0.1, -0.05) is 179 Å². The zero-order valence-corrected chi connectivity index (χ0v) is 37.6. The predicted molar refractivity (Wildman–Crippen MR) is 242 cm³/mol. The third-order valence-electron chi connectivity index (χ3n) is 10.3. The molecule has 6 heteroatoms. The average molecular weight is 799 g/mol. The van der Waals surface area contributed by atoms with Crippen LogP contribution in [0.15, 0.2) is 48.6 Å². The summed E-state index contributed by atoms with van der Waals surface area (Å²) in [7, 11) is 0. The molecule has 0 radical (unpaired) electrons. The van der Waals surface area contributed by atoms with Crippen LogP contribution in [0.5, 0.6) is 0 Å². The van der Waals surface area contributed by atoms with Gasteiger partial charge in [0.05, 0.1) is 0 Å². The van der Waals surface area contributed by atoms with E-state index < -0.39 is 6.10 Å². The quantitative estimate of drug-likeness (QED) is 0.0265. The lowest BCUT2D eigenvalue weighted by atomic mass is 10.1. The van der Waals surface area contributed by atoms with Gasteiger partial charge in [0.1, 0.15) is 13.2 Å². The highest BCUT2D eigenvalue weighted by molar-refractivity contribution is 5.71. The predicted octanol–water partition coefficient (Wildman–Crippen LogP) is 15.5. The van der Waals surface area contributed by atoms with Gasteiger partial charge in [-0.3, -0.25) is 14.4 Å². The SMILES string of the molecule is CCCCCCCC/C=C\C/C=C\CCC(=O)OCC(COC(=O)CCCCC/C=C\CCCCCCCC)OC(=O)CCCCC/C=C\CCCCCCCC. The minimum Gasteiger partial charge on any atom is -0.462 e. The van der Waals surface area contributed by atoms with E-state index in [-0.39, 0.29) is 37.5 Å². The number of ether oxygens (including phenoxy) is 3. The van der Waals surface area contributed by atoms with Crippen LogP contribution in [-0.2, 0) is 28.6 Å². The van der Waals surface area contributed by atoms with Crippen LogP contribution in [0, 0.1) is 0 Å². The van der Waals surface area contributed by atoms with Crippen LogP contribution in [0.2, 0.25) is 0 Å². The van der Waals surface area contributed by atoms with Crippen molar-refractivity contribution in [2.24, 2.45) is 0 Å². The van der Waals surface area contributed by atoms with Crippen LogP contribution >= 0.6 is 0 Å². The van der Waals surface area contributed by atoms with Crippen LogP contribution in [-0.4, -0.2) is 37.2 Å². The summed E-state index contributed by atoms with van der Waals surface area (Å²) in [5.41, 5.74) is 0. The molecule has 0 aromatic rings. The minimum atomic E-state index is -0.806. The molecule has 0 amide bonds. The molecule has 0 spiro atoms. The molecule has 330 valence electrons. The third-order valence-corrected chi connectivity index (χ3v) is 10.3. The molecule has 0 rings (SSSR count). The molecule has 0 saturated carbocycles. The van der Waals surface area contributed by atoms with Crippen molar-refractivity contribution in [2.45, 2.75) is 245 Å². The Bertz CT molecular complexity index is 1010. The molecule has 0 aliphatic heterocycles. The second kappa shape index (κ2) is 46.1. The molecular formula is C51H90O6. The van der Waals surface area contributed by atoms with Gasteiger partial charge in [-0.05, 0) is 89.9 Å². The monoisotopic (exact) mass is 799 g/mol. The number of carbonyl (C=O) groups is 3. The Labute approximate surface area is 352 Å². The van der Waals surface area contributed by atoms with Gasteiger partial charge >= 0.3 is 17.9 Å². The van der Waals surface area contributed by atoms with Gasteiger partial charge in [-0.25, -0.2) is 0 Å². The molecule has 0 heterocycles. The van der Waals surface area contributed by atoms with Crippen LogP contribution < -0.4 is 0 Å². The Hall–Kier alpha value is -2.63. The fraction of sp³-hybridized carbons (Fsp3) is 0.784. The number of hydrogen-bond acceptors (Lipinski definition) is 6. The first-order valence-corrected chi connectivity index (χ1v) is 24.1. The first kappa shape index (κ1) is 54.4. The molecule has 0 saturated heterocycles. The Kier molecular flexibility index (Phi) is 43.9. The van der Waals surface area contributed by atoms with E-state index in [4.69, 9.17) is 14.2 Å². The molecule has 1 unspecified atom stereocenters. The maximum Gasteiger partial charge on any atom is 0.306 e. The molecule has 0 bridgehead atoms. The summed E-state index contributed by atoms with van der Waals surface area (Å²) in [6.45, 7) is 6.53. The minimum absolute atomic E-state index is 0.104. The summed E-state index contributed by atoms with van der Waals surface area (Å²) in [5.74, 6) is -1.00. The van der Waals surface area contributed by atoms with Crippen LogP contribution in [0.25, 0.3) is 0 Å². The first-order valence-electron chi connectivity index (χ1n) is 24.1. The Morgan fingerprint density at radius 1 is 0.351 bits per heavy atom. The normalized spacial score (nSPS) is 12.4. The van der Waals surface area contributed by atoms with E-state index >= 15 is 0 Å². The molecule has 0 aromatic heterocycles. The maximum absolute atomic E-state index is 12.7. The van der Waals surface area contributed by atoms with E-state index in [0.717, 1.165) is 77.0 Å². The smallest absolute Gasteiger partial charge is 0.306 e. The van der Waals surface area contributed by atoms with Crippen LogP contribution in [0.3, 0.4) is 0 Å².